The van der Waals surface area contributed by atoms with Crippen LogP contribution in [0, 0.1) is 0 Å². The van der Waals surface area contributed by atoms with Crippen molar-refractivity contribution in [1.82, 2.24) is 9.55 Å². The van der Waals surface area contributed by atoms with Crippen LogP contribution in [-0.4, -0.2) is 16.6 Å². The molecular formula is C16H22N4O. The molecule has 0 fully saturated rings. The van der Waals surface area contributed by atoms with Crippen molar-refractivity contribution >= 4 is 11.5 Å². The summed E-state index contributed by atoms with van der Waals surface area (Å²) in [6.45, 7) is 6.52. The second-order valence-corrected chi connectivity index (χ2v) is 6.15. The Morgan fingerprint density at radius 3 is 2.57 bits per heavy atom. The van der Waals surface area contributed by atoms with E-state index in [9.17, 15) is 4.79 Å². The molecule has 21 heavy (non-hydrogen) atoms. The van der Waals surface area contributed by atoms with Crippen LogP contribution in [0.15, 0.2) is 41.5 Å². The first kappa shape index (κ1) is 15.1. The highest BCUT2D eigenvalue weighted by Crippen LogP contribution is 2.16. The van der Waals surface area contributed by atoms with Crippen LogP contribution in [-0.2, 0) is 12.1 Å². The van der Waals surface area contributed by atoms with E-state index in [0.717, 1.165) is 11.3 Å². The summed E-state index contributed by atoms with van der Waals surface area (Å²) in [6.07, 6.45) is 3.38. The Morgan fingerprint density at radius 2 is 1.95 bits per heavy atom. The highest BCUT2D eigenvalue weighted by atomic mass is 16.1. The number of hydrogen-bond donors (Lipinski definition) is 1. The Labute approximate surface area is 125 Å². The van der Waals surface area contributed by atoms with Crippen molar-refractivity contribution in [3.63, 3.8) is 0 Å². The van der Waals surface area contributed by atoms with E-state index in [4.69, 9.17) is 5.73 Å². The molecule has 0 atom stereocenters. The Hall–Kier alpha value is -2.30. The average Bonchev–Trinajstić information content (AvgIpc) is 2.40. The molecule has 1 heterocycles. The Morgan fingerprint density at radius 1 is 1.29 bits per heavy atom. The van der Waals surface area contributed by atoms with Crippen molar-refractivity contribution < 1.29 is 0 Å². The number of nitrogens with two attached hydrogens (primary N) is 1. The number of para-hydroxylation sites is 1. The molecule has 0 aliphatic rings. The fraction of sp³-hybridized carbons (Fsp3) is 0.375. The number of rotatable bonds is 3. The van der Waals surface area contributed by atoms with Gasteiger partial charge in [-0.25, -0.2) is 4.98 Å². The van der Waals surface area contributed by atoms with E-state index in [-0.39, 0.29) is 11.1 Å². The zero-order chi connectivity index (χ0) is 15.6. The summed E-state index contributed by atoms with van der Waals surface area (Å²) in [5.74, 6) is 0.427. The van der Waals surface area contributed by atoms with Crippen LogP contribution >= 0.6 is 0 Å². The van der Waals surface area contributed by atoms with Crippen LogP contribution in [0.3, 0.4) is 0 Å². The molecule has 0 aliphatic heterocycles. The first-order valence-electron chi connectivity index (χ1n) is 6.93. The third-order valence-corrected chi connectivity index (χ3v) is 3.37. The number of hydrogen-bond acceptors (Lipinski definition) is 4. The topological polar surface area (TPSA) is 64.2 Å². The quantitative estimate of drug-likeness (QED) is 0.879. The molecule has 0 aliphatic carbocycles. The zero-order valence-electron chi connectivity index (χ0n) is 13.0. The molecule has 2 N–H and O–H groups in total. The number of anilines is 2. The second kappa shape index (κ2) is 5.60. The predicted molar refractivity (Wildman–Crippen MR) is 86.5 cm³/mol. The summed E-state index contributed by atoms with van der Waals surface area (Å²) in [5, 5.41) is 0. The Bertz CT molecular complexity index is 685. The SMILES string of the molecule is CN(Cc1ccccc1N)c1nccn(C(C)(C)C)c1=O. The normalized spacial score (nSPS) is 11.4. The summed E-state index contributed by atoms with van der Waals surface area (Å²) >= 11 is 0. The zero-order valence-corrected chi connectivity index (χ0v) is 13.0. The summed E-state index contributed by atoms with van der Waals surface area (Å²) < 4.78 is 1.69. The summed E-state index contributed by atoms with van der Waals surface area (Å²) in [6, 6.07) is 7.64. The van der Waals surface area contributed by atoms with Gasteiger partial charge in [0.15, 0.2) is 5.82 Å². The van der Waals surface area contributed by atoms with E-state index in [0.29, 0.717) is 12.4 Å². The molecule has 5 nitrogen and oxygen atoms in total. The van der Waals surface area contributed by atoms with Crippen molar-refractivity contribution in [2.45, 2.75) is 32.9 Å². The van der Waals surface area contributed by atoms with Crippen LogP contribution in [0.1, 0.15) is 26.3 Å². The molecule has 0 saturated heterocycles. The van der Waals surface area contributed by atoms with Gasteiger partial charge in [0.05, 0.1) is 0 Å². The number of nitrogens with zero attached hydrogens (tertiary/aromatic N) is 3. The van der Waals surface area contributed by atoms with E-state index < -0.39 is 0 Å². The minimum Gasteiger partial charge on any atom is -0.398 e. The highest BCUT2D eigenvalue weighted by molar-refractivity contribution is 5.49. The van der Waals surface area contributed by atoms with Crippen molar-refractivity contribution in [2.75, 3.05) is 17.7 Å². The molecule has 5 heteroatoms. The molecule has 1 aromatic heterocycles. The molecule has 0 bridgehead atoms. The Kier molecular flexibility index (Phi) is 4.02. The number of benzene rings is 1. The molecule has 0 saturated carbocycles. The maximum atomic E-state index is 12.6. The molecule has 0 amide bonds. The van der Waals surface area contributed by atoms with Crippen LogP contribution in [0.2, 0.25) is 0 Å². The molecular weight excluding hydrogens is 264 g/mol. The van der Waals surface area contributed by atoms with Gasteiger partial charge in [-0.05, 0) is 32.4 Å². The third kappa shape index (κ3) is 3.24. The molecule has 0 spiro atoms. The first-order chi connectivity index (χ1) is 9.80. The van der Waals surface area contributed by atoms with Gasteiger partial charge in [-0.2, -0.15) is 0 Å². The predicted octanol–water partition coefficient (Wildman–Crippen LogP) is 2.22. The van der Waals surface area contributed by atoms with E-state index >= 15 is 0 Å². The van der Waals surface area contributed by atoms with Crippen molar-refractivity contribution in [3.05, 3.63) is 52.6 Å². The number of aromatic nitrogens is 2. The lowest BCUT2D eigenvalue weighted by molar-refractivity contribution is 0.382. The lowest BCUT2D eigenvalue weighted by Gasteiger charge is -2.25. The van der Waals surface area contributed by atoms with Crippen LogP contribution in [0.4, 0.5) is 11.5 Å². The Balaban J connectivity index is 2.35. The molecule has 0 radical (unpaired) electrons. The standard InChI is InChI=1S/C16H22N4O/c1-16(2,3)20-10-9-18-14(15(20)21)19(4)11-12-7-5-6-8-13(12)17/h5-10H,11,17H2,1-4H3. The van der Waals surface area contributed by atoms with Gasteiger partial charge in [-0.1, -0.05) is 18.2 Å². The first-order valence-corrected chi connectivity index (χ1v) is 6.93. The molecule has 0 unspecified atom stereocenters. The maximum Gasteiger partial charge on any atom is 0.293 e. The largest absolute Gasteiger partial charge is 0.398 e. The second-order valence-electron chi connectivity index (χ2n) is 6.15. The van der Waals surface area contributed by atoms with E-state index in [2.05, 4.69) is 4.98 Å². The summed E-state index contributed by atoms with van der Waals surface area (Å²) in [5.41, 5.74) is 7.28. The van der Waals surface area contributed by atoms with Gasteiger partial charge >= 0.3 is 0 Å². The minimum atomic E-state index is -0.276. The van der Waals surface area contributed by atoms with Crippen LogP contribution < -0.4 is 16.2 Å². The third-order valence-electron chi connectivity index (χ3n) is 3.37. The maximum absolute atomic E-state index is 12.6. The summed E-state index contributed by atoms with van der Waals surface area (Å²) in [4.78, 5) is 18.6. The summed E-state index contributed by atoms with van der Waals surface area (Å²) in [7, 11) is 1.85. The van der Waals surface area contributed by atoms with Crippen LogP contribution in [0.5, 0.6) is 0 Å². The lowest BCUT2D eigenvalue weighted by atomic mass is 10.1. The smallest absolute Gasteiger partial charge is 0.293 e. The van der Waals surface area contributed by atoms with Gasteiger partial charge in [-0.15, -0.1) is 0 Å². The number of nitrogen functional groups attached to an aromatic ring is 1. The van der Waals surface area contributed by atoms with Gasteiger partial charge in [0.25, 0.3) is 5.56 Å². The van der Waals surface area contributed by atoms with E-state index in [1.807, 2.05) is 57.0 Å². The molecule has 2 aromatic rings. The van der Waals surface area contributed by atoms with Gasteiger partial charge in [0.2, 0.25) is 0 Å². The molecule has 112 valence electrons. The van der Waals surface area contributed by atoms with Crippen LogP contribution in [0.25, 0.3) is 0 Å². The van der Waals surface area contributed by atoms with E-state index in [1.165, 1.54) is 0 Å². The highest BCUT2D eigenvalue weighted by Gasteiger charge is 2.18. The van der Waals surface area contributed by atoms with Crippen molar-refractivity contribution in [1.29, 1.82) is 0 Å². The van der Waals surface area contributed by atoms with Crippen molar-refractivity contribution in [3.8, 4) is 0 Å². The monoisotopic (exact) mass is 286 g/mol. The van der Waals surface area contributed by atoms with Crippen molar-refractivity contribution in [2.24, 2.45) is 0 Å². The fourth-order valence-electron chi connectivity index (χ4n) is 2.20. The lowest BCUT2D eigenvalue weighted by Crippen LogP contribution is -2.37. The fourth-order valence-corrected chi connectivity index (χ4v) is 2.20. The van der Waals surface area contributed by atoms with Gasteiger partial charge in [0.1, 0.15) is 0 Å². The van der Waals surface area contributed by atoms with Gasteiger partial charge < -0.3 is 15.2 Å². The van der Waals surface area contributed by atoms with Gasteiger partial charge in [0, 0.05) is 37.2 Å². The minimum absolute atomic E-state index is 0.0954. The molecule has 1 aromatic carbocycles. The van der Waals surface area contributed by atoms with Gasteiger partial charge in [-0.3, -0.25) is 4.79 Å². The van der Waals surface area contributed by atoms with E-state index in [1.54, 1.807) is 17.0 Å². The average molecular weight is 286 g/mol. The molecule has 2 rings (SSSR count).